The average Bonchev–Trinajstić information content (AvgIpc) is 2.76. The highest BCUT2D eigenvalue weighted by Crippen LogP contribution is 2.24. The second-order valence-electron chi connectivity index (χ2n) is 4.63. The van der Waals surface area contributed by atoms with Gasteiger partial charge in [0.1, 0.15) is 11.6 Å². The van der Waals surface area contributed by atoms with E-state index in [4.69, 9.17) is 0 Å². The van der Waals surface area contributed by atoms with Crippen LogP contribution in [-0.4, -0.2) is 14.3 Å². The van der Waals surface area contributed by atoms with E-state index in [9.17, 15) is 13.6 Å². The molecule has 3 aromatic rings. The van der Waals surface area contributed by atoms with Crippen molar-refractivity contribution in [1.29, 1.82) is 0 Å². The molecule has 0 saturated heterocycles. The molecular weight excluding hydrogens is 356 g/mol. The van der Waals surface area contributed by atoms with E-state index in [0.29, 0.717) is 10.2 Å². The van der Waals surface area contributed by atoms with E-state index in [1.807, 2.05) is 0 Å². The van der Waals surface area contributed by atoms with Crippen molar-refractivity contribution in [3.8, 4) is 17.1 Å². The van der Waals surface area contributed by atoms with E-state index >= 15 is 0 Å². The molecule has 0 bridgehead atoms. The fourth-order valence-electron chi connectivity index (χ4n) is 2.15. The third-order valence-electron chi connectivity index (χ3n) is 3.25. The van der Waals surface area contributed by atoms with Crippen LogP contribution in [0.2, 0.25) is 0 Å². The summed E-state index contributed by atoms with van der Waals surface area (Å²) in [6, 6.07) is 10.5. The SMILES string of the molecule is Cn1c(-c2c(F)cccc2F)nn(-c2ccccc2Br)c1=O. The van der Waals surface area contributed by atoms with Crippen molar-refractivity contribution in [3.63, 3.8) is 0 Å². The average molecular weight is 366 g/mol. The first-order chi connectivity index (χ1) is 10.5. The van der Waals surface area contributed by atoms with Gasteiger partial charge in [-0.05, 0) is 40.2 Å². The Hall–Kier alpha value is -2.28. The third-order valence-corrected chi connectivity index (χ3v) is 3.92. The van der Waals surface area contributed by atoms with Gasteiger partial charge in [0.15, 0.2) is 5.82 Å². The highest BCUT2D eigenvalue weighted by molar-refractivity contribution is 9.10. The molecule has 1 heterocycles. The lowest BCUT2D eigenvalue weighted by Crippen LogP contribution is -2.22. The van der Waals surface area contributed by atoms with E-state index < -0.39 is 17.3 Å². The Morgan fingerprint density at radius 3 is 2.32 bits per heavy atom. The molecule has 112 valence electrons. The first kappa shape index (κ1) is 14.6. The fraction of sp³-hybridized carbons (Fsp3) is 0.0667. The molecule has 0 saturated carbocycles. The summed E-state index contributed by atoms with van der Waals surface area (Å²) in [5.74, 6) is -1.61. The third kappa shape index (κ3) is 2.27. The second-order valence-corrected chi connectivity index (χ2v) is 5.48. The van der Waals surface area contributed by atoms with Gasteiger partial charge in [-0.3, -0.25) is 4.57 Å². The second kappa shape index (κ2) is 5.49. The van der Waals surface area contributed by atoms with Gasteiger partial charge in [0.05, 0.1) is 11.3 Å². The van der Waals surface area contributed by atoms with E-state index in [1.165, 1.54) is 13.1 Å². The predicted molar refractivity (Wildman–Crippen MR) is 81.9 cm³/mol. The zero-order valence-electron chi connectivity index (χ0n) is 11.4. The summed E-state index contributed by atoms with van der Waals surface area (Å²) >= 11 is 3.33. The largest absolute Gasteiger partial charge is 0.350 e. The molecule has 0 spiro atoms. The number of aromatic nitrogens is 3. The summed E-state index contributed by atoms with van der Waals surface area (Å²) in [5.41, 5.74) is -0.330. The summed E-state index contributed by atoms with van der Waals surface area (Å²) in [6.45, 7) is 0. The number of para-hydroxylation sites is 1. The minimum Gasteiger partial charge on any atom is -0.278 e. The van der Waals surface area contributed by atoms with Crippen LogP contribution in [0.25, 0.3) is 17.1 Å². The Kier molecular flexibility index (Phi) is 3.66. The van der Waals surface area contributed by atoms with Crippen LogP contribution in [0.4, 0.5) is 8.78 Å². The van der Waals surface area contributed by atoms with Crippen LogP contribution in [0.1, 0.15) is 0 Å². The van der Waals surface area contributed by atoms with Gasteiger partial charge in [0.25, 0.3) is 0 Å². The zero-order valence-corrected chi connectivity index (χ0v) is 13.0. The van der Waals surface area contributed by atoms with Gasteiger partial charge in [-0.25, -0.2) is 13.6 Å². The van der Waals surface area contributed by atoms with Gasteiger partial charge in [0.2, 0.25) is 0 Å². The Balaban J connectivity index is 2.28. The Morgan fingerprint density at radius 1 is 1.05 bits per heavy atom. The molecule has 0 aliphatic rings. The fourth-order valence-corrected chi connectivity index (χ4v) is 2.60. The Labute approximate surface area is 132 Å². The van der Waals surface area contributed by atoms with Gasteiger partial charge in [-0.2, -0.15) is 4.68 Å². The molecule has 4 nitrogen and oxygen atoms in total. The van der Waals surface area contributed by atoms with Crippen LogP contribution in [0.5, 0.6) is 0 Å². The van der Waals surface area contributed by atoms with Gasteiger partial charge >= 0.3 is 5.69 Å². The van der Waals surface area contributed by atoms with Gasteiger partial charge < -0.3 is 0 Å². The number of nitrogens with zero attached hydrogens (tertiary/aromatic N) is 3. The van der Waals surface area contributed by atoms with Crippen molar-refractivity contribution >= 4 is 15.9 Å². The van der Waals surface area contributed by atoms with Gasteiger partial charge in [-0.1, -0.05) is 18.2 Å². The maximum absolute atomic E-state index is 13.9. The van der Waals surface area contributed by atoms with Crippen molar-refractivity contribution in [1.82, 2.24) is 14.3 Å². The van der Waals surface area contributed by atoms with Gasteiger partial charge in [0, 0.05) is 11.5 Å². The summed E-state index contributed by atoms with van der Waals surface area (Å²) < 4.78 is 30.7. The van der Waals surface area contributed by atoms with Crippen LogP contribution in [-0.2, 0) is 7.05 Å². The van der Waals surface area contributed by atoms with Crippen LogP contribution in [0.3, 0.4) is 0 Å². The summed E-state index contributed by atoms with van der Waals surface area (Å²) in [4.78, 5) is 12.3. The van der Waals surface area contributed by atoms with Crippen LogP contribution in [0, 0.1) is 11.6 Å². The van der Waals surface area contributed by atoms with E-state index in [-0.39, 0.29) is 11.4 Å². The normalized spacial score (nSPS) is 10.9. The number of hydrogen-bond donors (Lipinski definition) is 0. The quantitative estimate of drug-likeness (QED) is 0.699. The molecule has 0 atom stereocenters. The summed E-state index contributed by atoms with van der Waals surface area (Å²) in [7, 11) is 1.42. The number of halogens is 3. The predicted octanol–water partition coefficient (Wildman–Crippen LogP) is 3.28. The lowest BCUT2D eigenvalue weighted by Gasteiger charge is -2.03. The molecule has 0 amide bonds. The van der Waals surface area contributed by atoms with Gasteiger partial charge in [-0.15, -0.1) is 5.10 Å². The van der Waals surface area contributed by atoms with E-state index in [0.717, 1.165) is 21.4 Å². The van der Waals surface area contributed by atoms with Crippen molar-refractivity contribution in [2.45, 2.75) is 0 Å². The molecule has 0 radical (unpaired) electrons. The van der Waals surface area contributed by atoms with Crippen LogP contribution in [0.15, 0.2) is 51.7 Å². The summed E-state index contributed by atoms with van der Waals surface area (Å²) in [6.07, 6.45) is 0. The van der Waals surface area contributed by atoms with Crippen molar-refractivity contribution in [2.75, 3.05) is 0 Å². The highest BCUT2D eigenvalue weighted by Gasteiger charge is 2.20. The standard InChI is InChI=1S/C15H10BrF2N3O/c1-20-14(13-10(17)6-4-7-11(13)18)19-21(15(20)22)12-8-3-2-5-9(12)16/h2-8H,1H3. The molecular formula is C15H10BrF2N3O. The molecule has 2 aromatic carbocycles. The molecule has 1 aromatic heterocycles. The van der Waals surface area contributed by atoms with Crippen molar-refractivity contribution < 1.29 is 8.78 Å². The topological polar surface area (TPSA) is 39.8 Å². The lowest BCUT2D eigenvalue weighted by atomic mass is 10.2. The minimum absolute atomic E-state index is 0.0728. The molecule has 3 rings (SSSR count). The number of benzene rings is 2. The van der Waals surface area contributed by atoms with E-state index in [2.05, 4.69) is 21.0 Å². The van der Waals surface area contributed by atoms with Crippen molar-refractivity contribution in [2.24, 2.45) is 7.05 Å². The van der Waals surface area contributed by atoms with Crippen molar-refractivity contribution in [3.05, 3.63) is 69.1 Å². The highest BCUT2D eigenvalue weighted by atomic mass is 79.9. The molecule has 0 aliphatic carbocycles. The number of rotatable bonds is 2. The number of hydrogen-bond acceptors (Lipinski definition) is 2. The molecule has 22 heavy (non-hydrogen) atoms. The Bertz CT molecular complexity index is 897. The molecule has 0 N–H and O–H groups in total. The monoisotopic (exact) mass is 365 g/mol. The molecule has 0 unspecified atom stereocenters. The maximum Gasteiger partial charge on any atom is 0.350 e. The first-order valence-corrected chi connectivity index (χ1v) is 7.15. The molecule has 7 heteroatoms. The molecule has 0 fully saturated rings. The van der Waals surface area contributed by atoms with Crippen LogP contribution >= 0.6 is 15.9 Å². The van der Waals surface area contributed by atoms with E-state index in [1.54, 1.807) is 24.3 Å². The minimum atomic E-state index is -0.771. The first-order valence-electron chi connectivity index (χ1n) is 6.36. The lowest BCUT2D eigenvalue weighted by molar-refractivity contribution is 0.585. The van der Waals surface area contributed by atoms with Crippen LogP contribution < -0.4 is 5.69 Å². The molecule has 0 aliphatic heterocycles. The summed E-state index contributed by atoms with van der Waals surface area (Å²) in [5, 5.41) is 4.09. The Morgan fingerprint density at radius 2 is 1.68 bits per heavy atom. The maximum atomic E-state index is 13.9. The zero-order chi connectivity index (χ0) is 15.9. The smallest absolute Gasteiger partial charge is 0.278 e.